The second-order valence-corrected chi connectivity index (χ2v) is 3.61. The smallest absolute Gasteiger partial charge is 0.00127 e. The lowest BCUT2D eigenvalue weighted by atomic mass is 10.2. The summed E-state index contributed by atoms with van der Waals surface area (Å²) in [5.74, 6) is 0. The number of rotatable bonds is 8. The molecular weight excluding hydrogens is 184 g/mol. The zero-order chi connectivity index (χ0) is 9.23. The molecule has 0 bridgehead atoms. The highest BCUT2D eigenvalue weighted by Crippen LogP contribution is 1.91. The molecule has 0 fully saturated rings. The fraction of sp³-hybridized carbons (Fsp3) is 1.00. The van der Waals surface area contributed by atoms with Crippen LogP contribution in [0.3, 0.4) is 0 Å². The maximum absolute atomic E-state index is 3.45. The number of hydrogen-bond donors (Lipinski definition) is 1. The van der Waals surface area contributed by atoms with E-state index in [0.717, 1.165) is 0 Å². The van der Waals surface area contributed by atoms with Gasteiger partial charge in [0.2, 0.25) is 0 Å². The van der Waals surface area contributed by atoms with Crippen molar-refractivity contribution in [1.29, 1.82) is 0 Å². The molecule has 0 heterocycles. The highest BCUT2D eigenvalue weighted by Gasteiger charge is 1.90. The number of unbranched alkanes of at least 4 members (excludes halogenated alkanes) is 2. The lowest BCUT2D eigenvalue weighted by Crippen LogP contribution is -2.21. The first-order chi connectivity index (χ1) is 5.77. The van der Waals surface area contributed by atoms with Gasteiger partial charge >= 0.3 is 0 Å². The van der Waals surface area contributed by atoms with E-state index in [1.807, 2.05) is 0 Å². The molecule has 0 atom stereocenters. The van der Waals surface area contributed by atoms with Crippen molar-refractivity contribution in [1.82, 2.24) is 10.2 Å². The third-order valence-electron chi connectivity index (χ3n) is 1.92. The molecule has 0 rings (SSSR count). The standard InChI is InChI=1S/C10H24N2.ClH/c1-4-5-6-8-11-9-7-10-12(2)3;/h11H,4-10H2,1-3H3;1H. The lowest BCUT2D eigenvalue weighted by Gasteiger charge is -2.09. The molecule has 0 aromatic carbocycles. The zero-order valence-corrected chi connectivity index (χ0v) is 10.1. The number of nitrogens with one attached hydrogen (secondary N) is 1. The predicted molar refractivity (Wildman–Crippen MR) is 62.8 cm³/mol. The van der Waals surface area contributed by atoms with Gasteiger partial charge in [-0.2, -0.15) is 0 Å². The molecule has 0 aliphatic heterocycles. The Labute approximate surface area is 89.5 Å². The first kappa shape index (κ1) is 15.7. The summed E-state index contributed by atoms with van der Waals surface area (Å²) in [4.78, 5) is 2.23. The summed E-state index contributed by atoms with van der Waals surface area (Å²) in [5, 5.41) is 3.45. The summed E-state index contributed by atoms with van der Waals surface area (Å²) in [6.45, 7) is 5.80. The summed E-state index contributed by atoms with van der Waals surface area (Å²) < 4.78 is 0. The van der Waals surface area contributed by atoms with Gasteiger partial charge < -0.3 is 10.2 Å². The Balaban J connectivity index is 0. The van der Waals surface area contributed by atoms with Gasteiger partial charge in [-0.1, -0.05) is 19.8 Å². The Morgan fingerprint density at radius 2 is 1.62 bits per heavy atom. The fourth-order valence-electron chi connectivity index (χ4n) is 1.15. The van der Waals surface area contributed by atoms with E-state index in [1.54, 1.807) is 0 Å². The van der Waals surface area contributed by atoms with Crippen molar-refractivity contribution in [3.05, 3.63) is 0 Å². The van der Waals surface area contributed by atoms with Crippen LogP contribution in [0.1, 0.15) is 32.6 Å². The molecule has 1 N–H and O–H groups in total. The molecule has 0 spiro atoms. The highest BCUT2D eigenvalue weighted by molar-refractivity contribution is 5.85. The van der Waals surface area contributed by atoms with Crippen LogP contribution in [0.4, 0.5) is 0 Å². The minimum absolute atomic E-state index is 0. The van der Waals surface area contributed by atoms with Crippen LogP contribution in [-0.4, -0.2) is 38.6 Å². The van der Waals surface area contributed by atoms with Gasteiger partial charge in [-0.05, 0) is 46.6 Å². The molecule has 0 saturated heterocycles. The van der Waals surface area contributed by atoms with E-state index in [2.05, 4.69) is 31.2 Å². The molecule has 0 aliphatic carbocycles. The van der Waals surface area contributed by atoms with Crippen LogP contribution in [0, 0.1) is 0 Å². The molecule has 3 heteroatoms. The van der Waals surface area contributed by atoms with Gasteiger partial charge in [-0.25, -0.2) is 0 Å². The minimum atomic E-state index is 0. The quantitative estimate of drug-likeness (QED) is 0.615. The van der Waals surface area contributed by atoms with Gasteiger partial charge in [0.05, 0.1) is 0 Å². The molecule has 0 amide bonds. The van der Waals surface area contributed by atoms with Crippen molar-refractivity contribution in [2.75, 3.05) is 33.7 Å². The van der Waals surface area contributed by atoms with Crippen LogP contribution in [0.25, 0.3) is 0 Å². The minimum Gasteiger partial charge on any atom is -0.317 e. The maximum atomic E-state index is 3.45. The van der Waals surface area contributed by atoms with Crippen molar-refractivity contribution < 1.29 is 0 Å². The zero-order valence-electron chi connectivity index (χ0n) is 9.31. The fourth-order valence-corrected chi connectivity index (χ4v) is 1.15. The number of hydrogen-bond acceptors (Lipinski definition) is 2. The van der Waals surface area contributed by atoms with Crippen LogP contribution < -0.4 is 5.32 Å². The molecule has 0 aromatic rings. The topological polar surface area (TPSA) is 15.3 Å². The predicted octanol–water partition coefficient (Wildman–Crippen LogP) is 2.14. The normalized spacial score (nSPS) is 10.2. The molecule has 0 saturated carbocycles. The van der Waals surface area contributed by atoms with Gasteiger partial charge in [-0.15, -0.1) is 12.4 Å². The highest BCUT2D eigenvalue weighted by atomic mass is 35.5. The number of nitrogens with zero attached hydrogens (tertiary/aromatic N) is 1. The molecule has 0 unspecified atom stereocenters. The van der Waals surface area contributed by atoms with Crippen LogP contribution in [-0.2, 0) is 0 Å². The molecule has 13 heavy (non-hydrogen) atoms. The van der Waals surface area contributed by atoms with Crippen LogP contribution in [0.2, 0.25) is 0 Å². The van der Waals surface area contributed by atoms with Crippen molar-refractivity contribution in [2.24, 2.45) is 0 Å². The number of halogens is 1. The first-order valence-electron chi connectivity index (χ1n) is 5.12. The van der Waals surface area contributed by atoms with Crippen molar-refractivity contribution in [3.8, 4) is 0 Å². The van der Waals surface area contributed by atoms with Crippen LogP contribution in [0.15, 0.2) is 0 Å². The van der Waals surface area contributed by atoms with E-state index < -0.39 is 0 Å². The van der Waals surface area contributed by atoms with E-state index in [-0.39, 0.29) is 12.4 Å². The van der Waals surface area contributed by atoms with Gasteiger partial charge in [0, 0.05) is 0 Å². The van der Waals surface area contributed by atoms with E-state index in [1.165, 1.54) is 45.3 Å². The second kappa shape index (κ2) is 12.2. The molecule has 2 nitrogen and oxygen atoms in total. The molecule has 0 aliphatic rings. The summed E-state index contributed by atoms with van der Waals surface area (Å²) in [6.07, 6.45) is 5.28. The van der Waals surface area contributed by atoms with E-state index in [4.69, 9.17) is 0 Å². The molecule has 0 radical (unpaired) electrons. The van der Waals surface area contributed by atoms with Crippen LogP contribution >= 0.6 is 12.4 Å². The third-order valence-corrected chi connectivity index (χ3v) is 1.92. The van der Waals surface area contributed by atoms with Crippen molar-refractivity contribution >= 4 is 12.4 Å². The van der Waals surface area contributed by atoms with Gasteiger partial charge in [0.25, 0.3) is 0 Å². The summed E-state index contributed by atoms with van der Waals surface area (Å²) in [5.41, 5.74) is 0. The van der Waals surface area contributed by atoms with Crippen molar-refractivity contribution in [2.45, 2.75) is 32.6 Å². The largest absolute Gasteiger partial charge is 0.317 e. The average molecular weight is 209 g/mol. The Kier molecular flexibility index (Phi) is 14.7. The molecule has 82 valence electrons. The Hall–Kier alpha value is 0.210. The Bertz CT molecular complexity index is 87.0. The SMILES string of the molecule is CCCCCNCCCN(C)C.Cl. The average Bonchev–Trinajstić information content (AvgIpc) is 2.02. The first-order valence-corrected chi connectivity index (χ1v) is 5.12. The summed E-state index contributed by atoms with van der Waals surface area (Å²) >= 11 is 0. The van der Waals surface area contributed by atoms with Gasteiger partial charge in [-0.3, -0.25) is 0 Å². The molecular formula is C10H25ClN2. The lowest BCUT2D eigenvalue weighted by molar-refractivity contribution is 0.394. The second-order valence-electron chi connectivity index (χ2n) is 3.61. The summed E-state index contributed by atoms with van der Waals surface area (Å²) in [7, 11) is 4.24. The van der Waals surface area contributed by atoms with Gasteiger partial charge in [0.1, 0.15) is 0 Å². The maximum Gasteiger partial charge on any atom is -0.00127 e. The summed E-state index contributed by atoms with van der Waals surface area (Å²) in [6, 6.07) is 0. The monoisotopic (exact) mass is 208 g/mol. The van der Waals surface area contributed by atoms with Crippen LogP contribution in [0.5, 0.6) is 0 Å². The van der Waals surface area contributed by atoms with E-state index in [0.29, 0.717) is 0 Å². The van der Waals surface area contributed by atoms with E-state index >= 15 is 0 Å². The third kappa shape index (κ3) is 15.0. The Morgan fingerprint density at radius 1 is 1.00 bits per heavy atom. The Morgan fingerprint density at radius 3 is 2.15 bits per heavy atom. The van der Waals surface area contributed by atoms with Gasteiger partial charge in [0.15, 0.2) is 0 Å². The van der Waals surface area contributed by atoms with E-state index in [9.17, 15) is 0 Å². The molecule has 0 aromatic heterocycles. The van der Waals surface area contributed by atoms with Crippen molar-refractivity contribution in [3.63, 3.8) is 0 Å².